The number of aromatic nitrogens is 8. The number of carbonyl (C=O) groups is 1. The number of nitrogens with two attached hydrogens (primary N) is 1. The molecule has 5 aromatic rings. The highest BCUT2D eigenvalue weighted by atomic mass is 79.9. The van der Waals surface area contributed by atoms with E-state index in [0.29, 0.717) is 62.9 Å². The molecule has 8 rings (SSSR count). The molecule has 1 aromatic carbocycles. The average molecular weight is 1040 g/mol. The van der Waals surface area contributed by atoms with Gasteiger partial charge in [0, 0.05) is 22.7 Å². The summed E-state index contributed by atoms with van der Waals surface area (Å²) in [5.41, 5.74) is 6.31. The number of benzene rings is 1. The van der Waals surface area contributed by atoms with Crippen LogP contribution in [0.2, 0.25) is 0 Å². The van der Waals surface area contributed by atoms with Crippen LogP contribution in [0.25, 0.3) is 22.3 Å². The molecule has 3 aliphatic heterocycles. The molecule has 0 aliphatic carbocycles. The highest BCUT2D eigenvalue weighted by Gasteiger charge is 2.54. The molecule has 61 heavy (non-hydrogen) atoms. The molecule has 0 spiro atoms. The molecule has 3 saturated heterocycles. The number of nitrogen functional groups attached to an aromatic ring is 1. The second-order valence-electron chi connectivity index (χ2n) is 16.0. The second kappa shape index (κ2) is 19.3. The van der Waals surface area contributed by atoms with Gasteiger partial charge in [-0.15, -0.1) is 0 Å². The number of imidazole rings is 2. The van der Waals surface area contributed by atoms with Gasteiger partial charge < -0.3 is 40.6 Å². The van der Waals surface area contributed by atoms with E-state index in [4.69, 9.17) is 19.9 Å². The van der Waals surface area contributed by atoms with Gasteiger partial charge >= 0.3 is 0 Å². The normalized spacial score (nSPS) is 33.3. The molecule has 3 aliphatic rings. The molecule has 0 bridgehead atoms. The molecule has 332 valence electrons. The van der Waals surface area contributed by atoms with Crippen molar-refractivity contribution in [3.05, 3.63) is 61.2 Å². The number of halogens is 3. The number of fused-ring (bicyclic) bond motifs is 2. The van der Waals surface area contributed by atoms with Gasteiger partial charge in [-0.1, -0.05) is 108 Å². The van der Waals surface area contributed by atoms with Gasteiger partial charge in [-0.05, 0) is 43.7 Å². The first-order valence-corrected chi connectivity index (χ1v) is 23.4. The fourth-order valence-corrected chi connectivity index (χ4v) is 10.6. The summed E-state index contributed by atoms with van der Waals surface area (Å²) in [7, 11) is 0. The molecule has 1 amide bonds. The van der Waals surface area contributed by atoms with E-state index in [1.54, 1.807) is 25.4 Å². The minimum absolute atomic E-state index is 0.132. The molecule has 3 fully saturated rings. The number of alkyl halides is 3. The number of ether oxygens (including phenoxy) is 3. The Morgan fingerprint density at radius 2 is 1.39 bits per heavy atom. The second-order valence-corrected chi connectivity index (χ2v) is 18.5. The summed E-state index contributed by atoms with van der Waals surface area (Å²) in [4.78, 5) is 37.8. The number of hydrogen-bond acceptors (Lipinski definition) is 14. The molecular weight excluding hydrogens is 984 g/mol. The number of anilines is 2. The summed E-state index contributed by atoms with van der Waals surface area (Å²) < 4.78 is 21.4. The summed E-state index contributed by atoms with van der Waals surface area (Å²) in [5.74, 6) is 2.23. The third-order valence-corrected chi connectivity index (χ3v) is 16.3. The summed E-state index contributed by atoms with van der Waals surface area (Å²) in [6, 6.07) is 9.03. The lowest BCUT2D eigenvalue weighted by molar-refractivity contribution is -0.132. The van der Waals surface area contributed by atoms with Crippen molar-refractivity contribution < 1.29 is 34.3 Å². The van der Waals surface area contributed by atoms with Crippen molar-refractivity contribution in [2.24, 2.45) is 23.7 Å². The molecule has 0 saturated carbocycles. The minimum atomic E-state index is -1.30. The summed E-state index contributed by atoms with van der Waals surface area (Å²) in [5, 5.41) is 33.6. The van der Waals surface area contributed by atoms with Gasteiger partial charge in [0.25, 0.3) is 5.91 Å². The standard InChI is InChI=1S/C21H24BrN5O2.C11H15N5O4.C9H16Br2O/c1-4-16-13(2)14(3)21(10-22,29-16)27-12-25-17-18(23-11-24-19(17)27)26-20(28)15-8-6-5-7-9-15;1-11(8(19)7(18)5(2-17)20-11)16-4-15-6-9(12)13-3-14-10(6)16;1-4-8-6(2)7(3)9(11,5-10)12-8/h5-9,11-14,16H,4,10H2,1-3H3,(H,23,24,26,28);3-5,7-8,17-19H,2H2,1H3,(H2,12,13,14);6-8H,4-5H2,1-3H3/t13-,14?,16-,21-;5-,7+,8?,11-;6-,7?,8-,9-/m111/s1. The minimum Gasteiger partial charge on any atom is -0.394 e. The van der Waals surface area contributed by atoms with Crippen LogP contribution in [-0.4, -0.2) is 113 Å². The third-order valence-electron chi connectivity index (χ3n) is 12.7. The highest BCUT2D eigenvalue weighted by Crippen LogP contribution is 2.48. The number of carbonyl (C=O) groups excluding carboxylic acids is 1. The van der Waals surface area contributed by atoms with Crippen LogP contribution in [0.4, 0.5) is 11.6 Å². The van der Waals surface area contributed by atoms with E-state index in [1.807, 2.05) is 22.8 Å². The zero-order valence-electron chi connectivity index (χ0n) is 35.2. The SMILES string of the molecule is CC[C@H]1O[C@@](CBr)(n2cnc3c(NC(=O)c4ccccc4)ncnc32)C(C)[C@H]1C.CC[C@H]1O[C@](Br)(CBr)C(C)[C@H]1C.C[C@@]1(n2cnc3c(N)ncnc32)O[C@H](CO)[C@H](O)C1O. The van der Waals surface area contributed by atoms with Crippen molar-refractivity contribution in [1.82, 2.24) is 39.0 Å². The molecule has 7 heterocycles. The molecular formula is C41H55Br3N10O7. The maximum absolute atomic E-state index is 12.6. The van der Waals surface area contributed by atoms with Gasteiger partial charge in [-0.3, -0.25) is 13.9 Å². The zero-order chi connectivity index (χ0) is 44.4. The predicted molar refractivity (Wildman–Crippen MR) is 241 cm³/mol. The van der Waals surface area contributed by atoms with E-state index in [-0.39, 0.29) is 28.3 Å². The smallest absolute Gasteiger partial charge is 0.256 e. The van der Waals surface area contributed by atoms with E-state index in [0.717, 1.165) is 18.2 Å². The monoisotopic (exact) mass is 1040 g/mol. The van der Waals surface area contributed by atoms with Crippen molar-refractivity contribution in [1.29, 1.82) is 0 Å². The van der Waals surface area contributed by atoms with Crippen LogP contribution in [0, 0.1) is 23.7 Å². The topological polar surface area (TPSA) is 231 Å². The number of nitrogens with zero attached hydrogens (tertiary/aromatic N) is 8. The van der Waals surface area contributed by atoms with Crippen LogP contribution >= 0.6 is 47.8 Å². The average Bonchev–Trinajstić information content (AvgIpc) is 4.07. The van der Waals surface area contributed by atoms with Crippen molar-refractivity contribution in [2.75, 3.05) is 28.3 Å². The quantitative estimate of drug-likeness (QED) is 0.107. The Morgan fingerprint density at radius 3 is 1.95 bits per heavy atom. The lowest BCUT2D eigenvalue weighted by Crippen LogP contribution is -2.43. The molecule has 12 atom stereocenters. The molecule has 20 heteroatoms. The molecule has 4 aromatic heterocycles. The fraction of sp³-hybridized carbons (Fsp3) is 0.585. The summed E-state index contributed by atoms with van der Waals surface area (Å²) in [6.07, 6.45) is 5.17. The number of nitrogens with one attached hydrogen (secondary N) is 1. The van der Waals surface area contributed by atoms with Gasteiger partial charge in [0.15, 0.2) is 39.9 Å². The molecule has 0 radical (unpaired) electrons. The maximum atomic E-state index is 12.6. The Balaban J connectivity index is 0.000000168. The van der Waals surface area contributed by atoms with E-state index in [2.05, 4.69) is 125 Å². The fourth-order valence-electron chi connectivity index (χ4n) is 8.41. The Hall–Kier alpha value is -3.21. The lowest BCUT2D eigenvalue weighted by Gasteiger charge is -2.33. The van der Waals surface area contributed by atoms with Crippen LogP contribution in [0.3, 0.4) is 0 Å². The van der Waals surface area contributed by atoms with Crippen molar-refractivity contribution in [2.45, 2.75) is 108 Å². The van der Waals surface area contributed by atoms with Gasteiger partial charge in [-0.2, -0.15) is 0 Å². The summed E-state index contributed by atoms with van der Waals surface area (Å²) >= 11 is 10.8. The Labute approximate surface area is 380 Å². The lowest BCUT2D eigenvalue weighted by atomic mass is 9.86. The van der Waals surface area contributed by atoms with Crippen LogP contribution in [0.15, 0.2) is 55.6 Å². The van der Waals surface area contributed by atoms with Crippen molar-refractivity contribution in [3.8, 4) is 0 Å². The van der Waals surface area contributed by atoms with Gasteiger partial charge in [0.1, 0.15) is 41.0 Å². The van der Waals surface area contributed by atoms with Crippen molar-refractivity contribution >= 4 is 87.7 Å². The molecule has 6 N–H and O–H groups in total. The van der Waals surface area contributed by atoms with Crippen LogP contribution in [0.5, 0.6) is 0 Å². The van der Waals surface area contributed by atoms with E-state index in [9.17, 15) is 20.1 Å². The largest absolute Gasteiger partial charge is 0.394 e. The summed E-state index contributed by atoms with van der Waals surface area (Å²) in [6.45, 7) is 14.4. The van der Waals surface area contributed by atoms with E-state index in [1.165, 1.54) is 23.5 Å². The van der Waals surface area contributed by atoms with E-state index < -0.39 is 36.4 Å². The number of amides is 1. The Morgan fingerprint density at radius 1 is 0.803 bits per heavy atom. The maximum Gasteiger partial charge on any atom is 0.256 e. The zero-order valence-corrected chi connectivity index (χ0v) is 39.9. The van der Waals surface area contributed by atoms with E-state index >= 15 is 0 Å². The van der Waals surface area contributed by atoms with Crippen molar-refractivity contribution in [3.63, 3.8) is 0 Å². The molecule has 3 unspecified atom stereocenters. The number of hydrogen-bond donors (Lipinski definition) is 5. The van der Waals surface area contributed by atoms with Gasteiger partial charge in [-0.25, -0.2) is 29.9 Å². The first-order chi connectivity index (χ1) is 29.0. The van der Waals surface area contributed by atoms with Gasteiger partial charge in [0.2, 0.25) is 0 Å². The highest BCUT2D eigenvalue weighted by molar-refractivity contribution is 9.12. The first-order valence-electron chi connectivity index (χ1n) is 20.4. The molecule has 17 nitrogen and oxygen atoms in total. The third kappa shape index (κ3) is 8.72. The van der Waals surface area contributed by atoms with Gasteiger partial charge in [0.05, 0.1) is 36.8 Å². The number of aliphatic hydroxyl groups excluding tert-OH is 3. The Kier molecular flexibility index (Phi) is 14.9. The van der Waals surface area contributed by atoms with Crippen LogP contribution in [0.1, 0.15) is 71.7 Å². The number of rotatable bonds is 9. The predicted octanol–water partition coefficient (Wildman–Crippen LogP) is 5.95. The van der Waals surface area contributed by atoms with Crippen LogP contribution in [-0.2, 0) is 25.7 Å². The number of aliphatic hydroxyl groups is 3. The van der Waals surface area contributed by atoms with Crippen LogP contribution < -0.4 is 11.1 Å². The Bertz CT molecular complexity index is 2270. The first kappa shape index (κ1) is 47.3.